The van der Waals surface area contributed by atoms with Crippen LogP contribution in [-0.4, -0.2) is 0 Å². The van der Waals surface area contributed by atoms with Crippen LogP contribution in [0, 0.1) is 11.6 Å². The summed E-state index contributed by atoms with van der Waals surface area (Å²) in [5, 5.41) is 0. The van der Waals surface area contributed by atoms with E-state index >= 15 is 0 Å². The lowest BCUT2D eigenvalue weighted by Crippen LogP contribution is -2.34. The summed E-state index contributed by atoms with van der Waals surface area (Å²) in [6.45, 7) is 0. The Hall–Kier alpha value is -1.04. The molecule has 5 heteroatoms. The van der Waals surface area contributed by atoms with Crippen LogP contribution < -0.4 is 17.0 Å². The van der Waals surface area contributed by atoms with E-state index in [1.54, 1.807) is 0 Å². The predicted octanol–water partition coefficient (Wildman–Crippen LogP) is 0.385. The molecule has 1 aromatic rings. The predicted molar refractivity (Wildman–Crippen MR) is 40.6 cm³/mol. The molecule has 0 amide bonds. The number of nitrogens with two attached hydrogens (primary N) is 2. The minimum Gasteiger partial charge on any atom is -0.311 e. The number of benzene rings is 1. The van der Waals surface area contributed by atoms with Crippen LogP contribution in [-0.2, 0) is 0 Å². The van der Waals surface area contributed by atoms with Gasteiger partial charge < -0.3 is 5.73 Å². The Morgan fingerprint density at radius 2 is 2.00 bits per heavy atom. The molecule has 0 fully saturated rings. The fourth-order valence-corrected chi connectivity index (χ4v) is 0.843. The quantitative estimate of drug-likeness (QED) is 0.344. The van der Waals surface area contributed by atoms with E-state index in [1.165, 1.54) is 0 Å². The first-order valence-electron chi connectivity index (χ1n) is 3.32. The molecule has 0 aliphatic rings. The third-order valence-electron chi connectivity index (χ3n) is 1.47. The highest BCUT2D eigenvalue weighted by atomic mass is 19.1. The van der Waals surface area contributed by atoms with Crippen LogP contribution in [0.25, 0.3) is 0 Å². The zero-order valence-corrected chi connectivity index (χ0v) is 6.22. The highest BCUT2D eigenvalue weighted by Crippen LogP contribution is 2.13. The minimum absolute atomic E-state index is 0.0116. The van der Waals surface area contributed by atoms with Crippen molar-refractivity contribution in [3.63, 3.8) is 0 Å². The van der Waals surface area contributed by atoms with Crippen molar-refractivity contribution in [2.24, 2.45) is 11.6 Å². The van der Waals surface area contributed by atoms with Gasteiger partial charge in [0.1, 0.15) is 11.6 Å². The maximum atomic E-state index is 12.9. The van der Waals surface area contributed by atoms with Crippen LogP contribution in [0.1, 0.15) is 11.7 Å². The molecule has 0 aromatic heterocycles. The van der Waals surface area contributed by atoms with E-state index in [0.717, 1.165) is 18.2 Å². The Morgan fingerprint density at radius 3 is 2.58 bits per heavy atom. The Labute approximate surface area is 68.3 Å². The summed E-state index contributed by atoms with van der Waals surface area (Å²) >= 11 is 0. The summed E-state index contributed by atoms with van der Waals surface area (Å²) in [5.74, 6) is 3.83. The summed E-state index contributed by atoms with van der Waals surface area (Å²) < 4.78 is 25.4. The molecule has 1 aromatic carbocycles. The molecule has 66 valence electrons. The molecular weight excluding hydrogens is 164 g/mol. The Kier molecular flexibility index (Phi) is 2.69. The van der Waals surface area contributed by atoms with Crippen molar-refractivity contribution in [2.45, 2.75) is 6.17 Å². The van der Waals surface area contributed by atoms with Crippen molar-refractivity contribution in [3.05, 3.63) is 35.4 Å². The SMILES string of the molecule is NNC(N)c1cc(F)ccc1F. The molecule has 0 bridgehead atoms. The topological polar surface area (TPSA) is 64.1 Å². The molecule has 1 unspecified atom stereocenters. The molecule has 0 spiro atoms. The second kappa shape index (κ2) is 3.57. The van der Waals surface area contributed by atoms with Crippen LogP contribution >= 0.6 is 0 Å². The molecule has 0 saturated carbocycles. The summed E-state index contributed by atoms with van der Waals surface area (Å²) in [6.07, 6.45) is -0.888. The van der Waals surface area contributed by atoms with Gasteiger partial charge in [0, 0.05) is 5.56 Å². The zero-order chi connectivity index (χ0) is 9.14. The van der Waals surface area contributed by atoms with E-state index in [4.69, 9.17) is 11.6 Å². The Morgan fingerprint density at radius 1 is 1.33 bits per heavy atom. The average molecular weight is 173 g/mol. The van der Waals surface area contributed by atoms with Crippen molar-refractivity contribution in [1.29, 1.82) is 0 Å². The molecule has 5 N–H and O–H groups in total. The van der Waals surface area contributed by atoms with Crippen molar-refractivity contribution < 1.29 is 8.78 Å². The van der Waals surface area contributed by atoms with E-state index in [-0.39, 0.29) is 5.56 Å². The van der Waals surface area contributed by atoms with Gasteiger partial charge in [0.05, 0.1) is 6.17 Å². The fraction of sp³-hybridized carbons (Fsp3) is 0.143. The van der Waals surface area contributed by atoms with E-state index in [2.05, 4.69) is 5.43 Å². The number of hydrazine groups is 1. The number of nitrogens with one attached hydrogen (secondary N) is 1. The number of hydrogen-bond acceptors (Lipinski definition) is 3. The lowest BCUT2D eigenvalue weighted by molar-refractivity contribution is 0.516. The second-order valence-corrected chi connectivity index (χ2v) is 2.31. The number of halogens is 2. The Balaban J connectivity index is 3.04. The van der Waals surface area contributed by atoms with Gasteiger partial charge in [0.25, 0.3) is 0 Å². The van der Waals surface area contributed by atoms with E-state index in [1.807, 2.05) is 0 Å². The van der Waals surface area contributed by atoms with Gasteiger partial charge in [-0.25, -0.2) is 14.2 Å². The lowest BCUT2D eigenvalue weighted by Gasteiger charge is -2.10. The van der Waals surface area contributed by atoms with Gasteiger partial charge in [-0.15, -0.1) is 0 Å². The summed E-state index contributed by atoms with van der Waals surface area (Å²) in [6, 6.07) is 3.02. The molecule has 0 heterocycles. The monoisotopic (exact) mass is 173 g/mol. The molecule has 0 aliphatic carbocycles. The first-order valence-corrected chi connectivity index (χ1v) is 3.32. The first kappa shape index (κ1) is 9.05. The first-order chi connectivity index (χ1) is 5.65. The van der Waals surface area contributed by atoms with Gasteiger partial charge in [-0.3, -0.25) is 5.84 Å². The third kappa shape index (κ3) is 1.76. The van der Waals surface area contributed by atoms with E-state index < -0.39 is 17.8 Å². The van der Waals surface area contributed by atoms with Gasteiger partial charge in [0.15, 0.2) is 0 Å². The van der Waals surface area contributed by atoms with Gasteiger partial charge in [0.2, 0.25) is 0 Å². The van der Waals surface area contributed by atoms with E-state index in [9.17, 15) is 8.78 Å². The minimum atomic E-state index is -0.888. The van der Waals surface area contributed by atoms with Crippen LogP contribution in [0.2, 0.25) is 0 Å². The second-order valence-electron chi connectivity index (χ2n) is 2.31. The van der Waals surface area contributed by atoms with E-state index in [0.29, 0.717) is 0 Å². The largest absolute Gasteiger partial charge is 0.311 e. The Bertz CT molecular complexity index is 277. The maximum Gasteiger partial charge on any atom is 0.129 e. The van der Waals surface area contributed by atoms with Gasteiger partial charge >= 0.3 is 0 Å². The van der Waals surface area contributed by atoms with Gasteiger partial charge in [-0.05, 0) is 18.2 Å². The van der Waals surface area contributed by atoms with Crippen molar-refractivity contribution in [1.82, 2.24) is 5.43 Å². The third-order valence-corrected chi connectivity index (χ3v) is 1.47. The molecule has 3 nitrogen and oxygen atoms in total. The normalized spacial score (nSPS) is 13.0. The highest BCUT2D eigenvalue weighted by molar-refractivity contribution is 5.21. The molecule has 0 radical (unpaired) electrons. The smallest absolute Gasteiger partial charge is 0.129 e. The molecular formula is C7H9F2N3. The van der Waals surface area contributed by atoms with Crippen LogP contribution in [0.15, 0.2) is 18.2 Å². The number of hydrogen-bond donors (Lipinski definition) is 3. The molecule has 0 aliphatic heterocycles. The standard InChI is InChI=1S/C7H9F2N3/c8-4-1-2-6(9)5(3-4)7(10)12-11/h1-3,7,12H,10-11H2. The van der Waals surface area contributed by atoms with Gasteiger partial charge in [-0.1, -0.05) is 0 Å². The molecule has 1 atom stereocenters. The summed E-state index contributed by atoms with van der Waals surface area (Å²) in [5.41, 5.74) is 7.45. The summed E-state index contributed by atoms with van der Waals surface area (Å²) in [7, 11) is 0. The van der Waals surface area contributed by atoms with Crippen LogP contribution in [0.4, 0.5) is 8.78 Å². The fourth-order valence-electron chi connectivity index (χ4n) is 0.843. The van der Waals surface area contributed by atoms with Crippen LogP contribution in [0.5, 0.6) is 0 Å². The van der Waals surface area contributed by atoms with Crippen molar-refractivity contribution >= 4 is 0 Å². The van der Waals surface area contributed by atoms with Crippen LogP contribution in [0.3, 0.4) is 0 Å². The number of rotatable bonds is 2. The van der Waals surface area contributed by atoms with Crippen molar-refractivity contribution in [2.75, 3.05) is 0 Å². The average Bonchev–Trinajstić information content (AvgIpc) is 2.08. The van der Waals surface area contributed by atoms with Crippen molar-refractivity contribution in [3.8, 4) is 0 Å². The lowest BCUT2D eigenvalue weighted by atomic mass is 10.1. The maximum absolute atomic E-state index is 12.9. The highest BCUT2D eigenvalue weighted by Gasteiger charge is 2.09. The molecule has 1 rings (SSSR count). The summed E-state index contributed by atoms with van der Waals surface area (Å²) in [4.78, 5) is 0. The molecule has 12 heavy (non-hydrogen) atoms. The molecule has 0 saturated heterocycles. The van der Waals surface area contributed by atoms with Gasteiger partial charge in [-0.2, -0.15) is 0 Å². The zero-order valence-electron chi connectivity index (χ0n) is 6.22.